The fourth-order valence-electron chi connectivity index (χ4n) is 4.49. The molecular weight excluding hydrogens is 530 g/mol. The molecule has 1 aliphatic rings. The lowest BCUT2D eigenvalue weighted by atomic mass is 10.0. The van der Waals surface area contributed by atoms with Gasteiger partial charge in [-0.25, -0.2) is 4.79 Å². The molecular formula is C30H41N3O8. The molecule has 11 heteroatoms. The van der Waals surface area contributed by atoms with Crippen LogP contribution < -0.4 is 9.47 Å². The van der Waals surface area contributed by atoms with Crippen LogP contribution in [0.25, 0.3) is 0 Å². The summed E-state index contributed by atoms with van der Waals surface area (Å²) >= 11 is 0. The van der Waals surface area contributed by atoms with Crippen molar-refractivity contribution in [3.05, 3.63) is 63.7 Å². The highest BCUT2D eigenvalue weighted by Gasteiger charge is 2.33. The van der Waals surface area contributed by atoms with E-state index in [9.17, 15) is 19.7 Å². The predicted molar refractivity (Wildman–Crippen MR) is 153 cm³/mol. The molecule has 2 aromatic rings. The van der Waals surface area contributed by atoms with Crippen LogP contribution in [-0.2, 0) is 27.3 Å². The maximum Gasteiger partial charge on any atom is 0.410 e. The van der Waals surface area contributed by atoms with Crippen molar-refractivity contribution >= 4 is 17.7 Å². The molecule has 0 aliphatic carbocycles. The third-order valence-electron chi connectivity index (χ3n) is 6.79. The lowest BCUT2D eigenvalue weighted by Gasteiger charge is -2.34. The van der Waals surface area contributed by atoms with Crippen molar-refractivity contribution in [1.29, 1.82) is 0 Å². The van der Waals surface area contributed by atoms with Gasteiger partial charge in [0.25, 0.3) is 5.69 Å². The molecule has 2 aromatic carbocycles. The number of ether oxygens (including phenoxy) is 4. The molecule has 0 spiro atoms. The van der Waals surface area contributed by atoms with Crippen LogP contribution in [0.1, 0.15) is 45.7 Å². The summed E-state index contributed by atoms with van der Waals surface area (Å²) in [6.07, 6.45) is -1.08. The maximum atomic E-state index is 13.6. The summed E-state index contributed by atoms with van der Waals surface area (Å²) in [5.74, 6) is 0.745. The molecule has 0 bridgehead atoms. The average molecular weight is 572 g/mol. The number of non-ortho nitro benzene ring substituents is 1. The van der Waals surface area contributed by atoms with E-state index in [1.165, 1.54) is 23.1 Å². The Labute approximate surface area is 241 Å². The van der Waals surface area contributed by atoms with Gasteiger partial charge in [0.15, 0.2) is 0 Å². The molecule has 0 radical (unpaired) electrons. The van der Waals surface area contributed by atoms with Crippen LogP contribution >= 0.6 is 0 Å². The Kier molecular flexibility index (Phi) is 10.6. The van der Waals surface area contributed by atoms with Crippen molar-refractivity contribution in [2.24, 2.45) is 5.92 Å². The molecule has 41 heavy (non-hydrogen) atoms. The number of carbonyl (C=O) groups is 2. The number of fused-ring (bicyclic) bond motifs is 1. The predicted octanol–water partition coefficient (Wildman–Crippen LogP) is 4.84. The molecule has 0 aromatic heterocycles. The van der Waals surface area contributed by atoms with Crippen LogP contribution in [-0.4, -0.2) is 78.3 Å². The largest absolute Gasteiger partial charge is 0.497 e. The summed E-state index contributed by atoms with van der Waals surface area (Å²) in [5.41, 5.74) is 0.602. The van der Waals surface area contributed by atoms with Crippen LogP contribution in [0.4, 0.5) is 10.5 Å². The number of hydrogen-bond acceptors (Lipinski definition) is 8. The van der Waals surface area contributed by atoms with Gasteiger partial charge < -0.3 is 28.7 Å². The van der Waals surface area contributed by atoms with Crippen LogP contribution in [0.5, 0.6) is 11.5 Å². The second kappa shape index (κ2) is 13.7. The standard InChI is InChI=1S/C30H41N3O8/c1-20-16-32(21(2)18-39-19-22-8-11-25(38-7)12-9-22)28(34)15-23-14-24(33(36)37)10-13-26(23)40-27(20)17-31(6)29(35)41-30(3,4)5/h8-14,20-21,27H,15-19H2,1-7H3/t20-,21+,27+/m1/s1. The third-order valence-corrected chi connectivity index (χ3v) is 6.79. The second-order valence-corrected chi connectivity index (χ2v) is 11.5. The molecule has 1 heterocycles. The minimum absolute atomic E-state index is 0.0683. The quantitative estimate of drug-likeness (QED) is 0.310. The number of nitrogens with zero attached hydrogens (tertiary/aromatic N) is 3. The molecule has 0 unspecified atom stereocenters. The van der Waals surface area contributed by atoms with E-state index in [4.69, 9.17) is 18.9 Å². The minimum Gasteiger partial charge on any atom is -0.497 e. The Hall–Kier alpha value is -3.86. The van der Waals surface area contributed by atoms with Gasteiger partial charge >= 0.3 is 6.09 Å². The first kappa shape index (κ1) is 31.7. The van der Waals surface area contributed by atoms with Gasteiger partial charge in [-0.15, -0.1) is 0 Å². The first-order valence-corrected chi connectivity index (χ1v) is 13.7. The SMILES string of the molecule is COc1ccc(COC[C@H](C)N2C[C@@H](C)[C@H](CN(C)C(=O)OC(C)(C)C)Oc3ccc([N+](=O)[O-])cc3CC2=O)cc1. The van der Waals surface area contributed by atoms with Gasteiger partial charge in [-0.05, 0) is 51.5 Å². The van der Waals surface area contributed by atoms with Crippen molar-refractivity contribution in [2.75, 3.05) is 33.9 Å². The van der Waals surface area contributed by atoms with E-state index in [0.717, 1.165) is 11.3 Å². The van der Waals surface area contributed by atoms with Crippen molar-refractivity contribution in [2.45, 2.75) is 65.4 Å². The smallest absolute Gasteiger partial charge is 0.410 e. The van der Waals surface area contributed by atoms with E-state index >= 15 is 0 Å². The summed E-state index contributed by atoms with van der Waals surface area (Å²) in [7, 11) is 3.24. The second-order valence-electron chi connectivity index (χ2n) is 11.5. The molecule has 0 saturated heterocycles. The van der Waals surface area contributed by atoms with Crippen LogP contribution in [0, 0.1) is 16.0 Å². The summed E-state index contributed by atoms with van der Waals surface area (Å²) < 4.78 is 23.0. The lowest BCUT2D eigenvalue weighted by molar-refractivity contribution is -0.384. The number of methoxy groups -OCH3 is 1. The van der Waals surface area contributed by atoms with E-state index in [-0.39, 0.29) is 43.1 Å². The zero-order valence-corrected chi connectivity index (χ0v) is 24.9. The zero-order chi connectivity index (χ0) is 30.3. The van der Waals surface area contributed by atoms with E-state index in [0.29, 0.717) is 24.5 Å². The van der Waals surface area contributed by atoms with E-state index < -0.39 is 22.7 Å². The van der Waals surface area contributed by atoms with E-state index in [1.807, 2.05) is 38.1 Å². The van der Waals surface area contributed by atoms with Crippen LogP contribution in [0.2, 0.25) is 0 Å². The zero-order valence-electron chi connectivity index (χ0n) is 24.9. The number of likely N-dealkylation sites (N-methyl/N-ethyl adjacent to an activating group) is 1. The summed E-state index contributed by atoms with van der Waals surface area (Å²) in [6.45, 7) is 10.4. The van der Waals surface area contributed by atoms with Crippen molar-refractivity contribution < 1.29 is 33.5 Å². The van der Waals surface area contributed by atoms with Gasteiger partial charge in [0.05, 0.1) is 44.3 Å². The van der Waals surface area contributed by atoms with Gasteiger partial charge in [0.2, 0.25) is 5.91 Å². The number of benzene rings is 2. The van der Waals surface area contributed by atoms with Crippen LogP contribution in [0.15, 0.2) is 42.5 Å². The number of nitro groups is 1. The summed E-state index contributed by atoms with van der Waals surface area (Å²) in [5, 5.41) is 11.5. The third kappa shape index (κ3) is 9.07. The van der Waals surface area contributed by atoms with Crippen molar-refractivity contribution in [1.82, 2.24) is 9.80 Å². The summed E-state index contributed by atoms with van der Waals surface area (Å²) in [4.78, 5) is 40.5. The maximum absolute atomic E-state index is 13.6. The first-order chi connectivity index (χ1) is 19.3. The lowest BCUT2D eigenvalue weighted by Crippen LogP contribution is -2.48. The van der Waals surface area contributed by atoms with Gasteiger partial charge in [0.1, 0.15) is 23.2 Å². The van der Waals surface area contributed by atoms with Gasteiger partial charge in [-0.1, -0.05) is 19.1 Å². The number of nitro benzene ring substituents is 1. The Balaban J connectivity index is 1.82. The van der Waals surface area contributed by atoms with E-state index in [1.54, 1.807) is 39.8 Å². The molecule has 224 valence electrons. The molecule has 3 atom stereocenters. The van der Waals surface area contributed by atoms with Gasteiger partial charge in [-0.3, -0.25) is 14.9 Å². The Morgan fingerprint density at radius 1 is 1.22 bits per heavy atom. The average Bonchev–Trinajstić information content (AvgIpc) is 2.95. The number of rotatable bonds is 9. The molecule has 2 amide bonds. The fraction of sp³-hybridized carbons (Fsp3) is 0.533. The highest BCUT2D eigenvalue weighted by molar-refractivity contribution is 5.80. The Bertz CT molecular complexity index is 1210. The first-order valence-electron chi connectivity index (χ1n) is 13.7. The monoisotopic (exact) mass is 571 g/mol. The van der Waals surface area contributed by atoms with Gasteiger partial charge in [0, 0.05) is 37.2 Å². The molecule has 0 fully saturated rings. The number of hydrogen-bond donors (Lipinski definition) is 0. The summed E-state index contributed by atoms with van der Waals surface area (Å²) in [6, 6.07) is 11.5. The van der Waals surface area contributed by atoms with Crippen molar-refractivity contribution in [3.63, 3.8) is 0 Å². The normalized spacial score (nSPS) is 18.2. The molecule has 11 nitrogen and oxygen atoms in total. The molecule has 3 rings (SSSR count). The molecule has 0 N–H and O–H groups in total. The van der Waals surface area contributed by atoms with E-state index in [2.05, 4.69) is 0 Å². The highest BCUT2D eigenvalue weighted by atomic mass is 16.6. The Morgan fingerprint density at radius 3 is 2.51 bits per heavy atom. The minimum atomic E-state index is -0.660. The number of carbonyl (C=O) groups excluding carboxylic acids is 2. The van der Waals surface area contributed by atoms with Crippen molar-refractivity contribution in [3.8, 4) is 11.5 Å². The Morgan fingerprint density at radius 2 is 1.90 bits per heavy atom. The molecule has 0 saturated carbocycles. The fourth-order valence-corrected chi connectivity index (χ4v) is 4.49. The topological polar surface area (TPSA) is 121 Å². The molecule has 1 aliphatic heterocycles. The van der Waals surface area contributed by atoms with Gasteiger partial charge in [-0.2, -0.15) is 0 Å². The highest BCUT2D eigenvalue weighted by Crippen LogP contribution is 2.30. The van der Waals surface area contributed by atoms with Crippen LogP contribution in [0.3, 0.4) is 0 Å². The number of amides is 2.